The van der Waals surface area contributed by atoms with Crippen molar-refractivity contribution < 1.29 is 0 Å². The van der Waals surface area contributed by atoms with Gasteiger partial charge in [-0.05, 0) is 79.9 Å². The average Bonchev–Trinajstić information content (AvgIpc) is 3.86. The standard InChI is InChI=1S/C46H28N4/c1-2-13-29(14-3-1)43-45-48-44(49-50(45)42-24-11-10-23-41(42)47-43)32-16-12-15-30(27-32)31-25-26-40-36(28-31)35-19-6-9-22-39(35)46(40)37-20-7-4-17-33(37)34-18-5-8-21-38(34)46/h1-28H. The highest BCUT2D eigenvalue weighted by molar-refractivity contribution is 5.96. The van der Waals surface area contributed by atoms with E-state index in [0.29, 0.717) is 5.82 Å². The lowest BCUT2D eigenvalue weighted by molar-refractivity contribution is 0.794. The van der Waals surface area contributed by atoms with Crippen LogP contribution < -0.4 is 0 Å². The van der Waals surface area contributed by atoms with Gasteiger partial charge in [-0.3, -0.25) is 0 Å². The normalized spacial score (nSPS) is 13.4. The highest BCUT2D eigenvalue weighted by Crippen LogP contribution is 2.62. The molecule has 0 N–H and O–H groups in total. The molecule has 232 valence electrons. The van der Waals surface area contributed by atoms with Crippen molar-refractivity contribution in [1.29, 1.82) is 0 Å². The molecule has 0 aliphatic heterocycles. The first-order valence-electron chi connectivity index (χ1n) is 17.0. The third-order valence-electron chi connectivity index (χ3n) is 10.7. The van der Waals surface area contributed by atoms with Gasteiger partial charge in [0.15, 0.2) is 11.5 Å². The minimum atomic E-state index is -0.340. The van der Waals surface area contributed by atoms with Crippen LogP contribution in [-0.2, 0) is 5.41 Å². The Labute approximate surface area is 289 Å². The van der Waals surface area contributed by atoms with E-state index in [1.807, 2.05) is 40.9 Å². The molecule has 9 aromatic rings. The highest BCUT2D eigenvalue weighted by Gasteiger charge is 2.51. The van der Waals surface area contributed by atoms with Gasteiger partial charge in [0.1, 0.15) is 5.69 Å². The Morgan fingerprint density at radius 1 is 0.400 bits per heavy atom. The molecule has 4 nitrogen and oxygen atoms in total. The van der Waals surface area contributed by atoms with Crippen molar-refractivity contribution in [2.24, 2.45) is 0 Å². The molecule has 0 bridgehead atoms. The van der Waals surface area contributed by atoms with E-state index in [1.54, 1.807) is 0 Å². The zero-order valence-electron chi connectivity index (χ0n) is 27.0. The summed E-state index contributed by atoms with van der Waals surface area (Å²) in [6.45, 7) is 0. The van der Waals surface area contributed by atoms with Crippen LogP contribution in [0.4, 0.5) is 0 Å². The molecule has 2 heterocycles. The minimum Gasteiger partial charge on any atom is -0.242 e. The Kier molecular flexibility index (Phi) is 5.56. The molecule has 2 aliphatic carbocycles. The van der Waals surface area contributed by atoms with Crippen LogP contribution in [0.5, 0.6) is 0 Å². The smallest absolute Gasteiger partial charge is 0.182 e. The number of aromatic nitrogens is 4. The van der Waals surface area contributed by atoms with Crippen molar-refractivity contribution in [1.82, 2.24) is 19.6 Å². The van der Waals surface area contributed by atoms with Gasteiger partial charge in [-0.2, -0.15) is 0 Å². The van der Waals surface area contributed by atoms with Gasteiger partial charge >= 0.3 is 0 Å². The van der Waals surface area contributed by atoms with Crippen LogP contribution in [0.2, 0.25) is 0 Å². The van der Waals surface area contributed by atoms with Gasteiger partial charge < -0.3 is 0 Å². The lowest BCUT2D eigenvalue weighted by atomic mass is 9.70. The van der Waals surface area contributed by atoms with Gasteiger partial charge in [-0.15, -0.1) is 5.10 Å². The number of fused-ring (bicyclic) bond motifs is 13. The number of nitrogens with zero attached hydrogens (tertiary/aromatic N) is 4. The monoisotopic (exact) mass is 636 g/mol. The van der Waals surface area contributed by atoms with E-state index in [0.717, 1.165) is 44.6 Å². The molecule has 1 spiro atoms. The fourth-order valence-electron chi connectivity index (χ4n) is 8.57. The van der Waals surface area contributed by atoms with E-state index >= 15 is 0 Å². The molecule has 0 radical (unpaired) electrons. The average molecular weight is 637 g/mol. The van der Waals surface area contributed by atoms with Crippen LogP contribution in [-0.4, -0.2) is 19.6 Å². The lowest BCUT2D eigenvalue weighted by Gasteiger charge is -2.30. The van der Waals surface area contributed by atoms with Gasteiger partial charge in [0.2, 0.25) is 0 Å². The number of hydrogen-bond acceptors (Lipinski definition) is 3. The van der Waals surface area contributed by atoms with Crippen molar-refractivity contribution in [2.45, 2.75) is 5.41 Å². The first-order chi connectivity index (χ1) is 24.8. The van der Waals surface area contributed by atoms with Crippen molar-refractivity contribution in [3.05, 3.63) is 192 Å². The summed E-state index contributed by atoms with van der Waals surface area (Å²) in [5.74, 6) is 0.673. The summed E-state index contributed by atoms with van der Waals surface area (Å²) >= 11 is 0. The van der Waals surface area contributed by atoms with E-state index in [4.69, 9.17) is 15.1 Å². The SMILES string of the molecule is c1ccc(-c2nc3ccccc3n3nc(-c4cccc(-c5ccc6c(c5)-c5ccccc5C65c6ccccc6-c6ccccc65)c4)nc23)cc1. The molecule has 50 heavy (non-hydrogen) atoms. The zero-order valence-corrected chi connectivity index (χ0v) is 27.0. The molecule has 2 aliphatic rings. The van der Waals surface area contributed by atoms with Crippen LogP contribution in [0.3, 0.4) is 0 Å². The summed E-state index contributed by atoms with van der Waals surface area (Å²) in [5.41, 5.74) is 17.9. The van der Waals surface area contributed by atoms with Crippen LogP contribution in [0, 0.1) is 0 Å². The van der Waals surface area contributed by atoms with Crippen molar-refractivity contribution in [2.75, 3.05) is 0 Å². The fraction of sp³-hybridized carbons (Fsp3) is 0.0217. The van der Waals surface area contributed by atoms with Crippen LogP contribution >= 0.6 is 0 Å². The maximum absolute atomic E-state index is 5.11. The van der Waals surface area contributed by atoms with Gasteiger partial charge in [-0.1, -0.05) is 146 Å². The van der Waals surface area contributed by atoms with Crippen LogP contribution in [0.15, 0.2) is 170 Å². The summed E-state index contributed by atoms with van der Waals surface area (Å²) in [6, 6.07) is 60.8. The number of hydrogen-bond donors (Lipinski definition) is 0. The quantitative estimate of drug-likeness (QED) is 0.194. The Morgan fingerprint density at radius 2 is 0.960 bits per heavy atom. The summed E-state index contributed by atoms with van der Waals surface area (Å²) in [5, 5.41) is 5.08. The molecular weight excluding hydrogens is 609 g/mol. The minimum absolute atomic E-state index is 0.340. The van der Waals surface area contributed by atoms with E-state index in [9.17, 15) is 0 Å². The maximum atomic E-state index is 5.11. The van der Waals surface area contributed by atoms with E-state index in [2.05, 4.69) is 133 Å². The van der Waals surface area contributed by atoms with Gasteiger partial charge in [-0.25, -0.2) is 14.5 Å². The second kappa shape index (κ2) is 10.2. The van der Waals surface area contributed by atoms with E-state index in [1.165, 1.54) is 44.5 Å². The number of para-hydroxylation sites is 2. The largest absolute Gasteiger partial charge is 0.242 e. The van der Waals surface area contributed by atoms with Crippen molar-refractivity contribution in [3.63, 3.8) is 0 Å². The van der Waals surface area contributed by atoms with E-state index in [-0.39, 0.29) is 5.41 Å². The van der Waals surface area contributed by atoms with Gasteiger partial charge in [0.05, 0.1) is 16.4 Å². The highest BCUT2D eigenvalue weighted by atomic mass is 15.3. The molecule has 2 aromatic heterocycles. The Balaban J connectivity index is 1.08. The summed E-state index contributed by atoms with van der Waals surface area (Å²) in [4.78, 5) is 10.1. The van der Waals surface area contributed by atoms with Crippen molar-refractivity contribution >= 4 is 16.7 Å². The predicted octanol–water partition coefficient (Wildman–Crippen LogP) is 10.6. The third kappa shape index (κ3) is 3.62. The zero-order chi connectivity index (χ0) is 32.8. The maximum Gasteiger partial charge on any atom is 0.182 e. The Hall–Kier alpha value is -6.65. The summed E-state index contributed by atoms with van der Waals surface area (Å²) in [6.07, 6.45) is 0. The predicted molar refractivity (Wildman–Crippen MR) is 201 cm³/mol. The summed E-state index contributed by atoms with van der Waals surface area (Å²) in [7, 11) is 0. The van der Waals surface area contributed by atoms with Gasteiger partial charge in [0, 0.05) is 11.1 Å². The lowest BCUT2D eigenvalue weighted by Crippen LogP contribution is -2.25. The third-order valence-corrected chi connectivity index (χ3v) is 10.7. The first-order valence-corrected chi connectivity index (χ1v) is 17.0. The summed E-state index contributed by atoms with van der Waals surface area (Å²) < 4.78 is 1.94. The number of rotatable bonds is 3. The Morgan fingerprint density at radius 3 is 1.70 bits per heavy atom. The Bertz CT molecular complexity index is 2780. The molecule has 0 unspecified atom stereocenters. The van der Waals surface area contributed by atoms with Crippen LogP contribution in [0.1, 0.15) is 22.3 Å². The molecule has 0 fully saturated rings. The van der Waals surface area contributed by atoms with E-state index < -0.39 is 0 Å². The van der Waals surface area contributed by atoms with Crippen molar-refractivity contribution in [3.8, 4) is 56.0 Å². The second-order valence-electron chi connectivity index (χ2n) is 13.2. The molecule has 0 amide bonds. The van der Waals surface area contributed by atoms with Gasteiger partial charge in [0.25, 0.3) is 0 Å². The molecule has 4 heteroatoms. The second-order valence-corrected chi connectivity index (χ2v) is 13.2. The van der Waals surface area contributed by atoms with Crippen LogP contribution in [0.25, 0.3) is 72.7 Å². The first kappa shape index (κ1) is 27.3. The molecule has 7 aromatic carbocycles. The number of benzene rings is 7. The molecular formula is C46H28N4. The molecule has 11 rings (SSSR count). The fourth-order valence-corrected chi connectivity index (χ4v) is 8.57. The molecule has 0 saturated heterocycles. The topological polar surface area (TPSA) is 43.1 Å². The molecule has 0 saturated carbocycles. The molecule has 0 atom stereocenters.